The summed E-state index contributed by atoms with van der Waals surface area (Å²) in [7, 11) is 0. The predicted octanol–water partition coefficient (Wildman–Crippen LogP) is 3.63. The van der Waals surface area contributed by atoms with E-state index in [1.807, 2.05) is 36.4 Å². The molecule has 1 amide bonds. The molecule has 3 aliphatic heterocycles. The summed E-state index contributed by atoms with van der Waals surface area (Å²) in [5.41, 5.74) is 0.955. The zero-order valence-electron chi connectivity index (χ0n) is 27.6. The molecule has 11 nitrogen and oxygen atoms in total. The molecule has 49 heavy (non-hydrogen) atoms. The summed E-state index contributed by atoms with van der Waals surface area (Å²) in [6.07, 6.45) is 4.76. The molecule has 5 heterocycles. The predicted molar refractivity (Wildman–Crippen MR) is 183 cm³/mol. The topological polar surface area (TPSA) is 113 Å². The number of carbonyl (C=O) groups is 1. The minimum absolute atomic E-state index is 0.141. The van der Waals surface area contributed by atoms with Crippen LogP contribution in [0.1, 0.15) is 32.7 Å². The van der Waals surface area contributed by atoms with Gasteiger partial charge in [-0.3, -0.25) is 4.90 Å². The number of amides is 1. The fraction of sp³-hybridized carbons (Fsp3) is 0.417. The number of carbonyl (C=O) groups excluding carboxylic acids is 1. The number of fused-ring (bicyclic) bond motifs is 1. The van der Waals surface area contributed by atoms with Crippen molar-refractivity contribution in [2.24, 2.45) is 0 Å². The van der Waals surface area contributed by atoms with Crippen molar-refractivity contribution in [1.29, 1.82) is 5.26 Å². The molecule has 4 aromatic rings. The third kappa shape index (κ3) is 6.86. The van der Waals surface area contributed by atoms with Gasteiger partial charge in [-0.05, 0) is 0 Å². The molecule has 1 unspecified atom stereocenters. The van der Waals surface area contributed by atoms with Gasteiger partial charge in [0.2, 0.25) is 0 Å². The molecular formula is C36H38AsFN8O3. The van der Waals surface area contributed by atoms with Gasteiger partial charge in [0.1, 0.15) is 0 Å². The molecule has 0 aliphatic carbocycles. The minimum Gasteiger partial charge on any atom is -0.378 e. The van der Waals surface area contributed by atoms with E-state index in [1.54, 1.807) is 21.7 Å². The van der Waals surface area contributed by atoms with Crippen LogP contribution in [-0.4, -0.2) is 121 Å². The minimum atomic E-state index is -0.485. The van der Waals surface area contributed by atoms with E-state index in [9.17, 15) is 10.1 Å². The monoisotopic (exact) mass is 724 g/mol. The van der Waals surface area contributed by atoms with Crippen molar-refractivity contribution in [3.63, 3.8) is 0 Å². The number of benzene rings is 2. The van der Waals surface area contributed by atoms with E-state index < -0.39 is 11.4 Å². The van der Waals surface area contributed by atoms with Crippen molar-refractivity contribution < 1.29 is 18.7 Å². The van der Waals surface area contributed by atoms with Crippen LogP contribution in [0.2, 0.25) is 0 Å². The van der Waals surface area contributed by atoms with Crippen molar-refractivity contribution >= 4 is 38.3 Å². The molecule has 7 rings (SSSR count). The first kappa shape index (κ1) is 33.4. The first-order valence-corrected chi connectivity index (χ1v) is 17.6. The number of nitriles is 1. The number of rotatable bonds is 8. The molecule has 3 fully saturated rings. The Bertz CT molecular complexity index is 1910. The van der Waals surface area contributed by atoms with Crippen molar-refractivity contribution in [3.05, 3.63) is 72.3 Å². The number of hydrogen-bond acceptors (Lipinski definition) is 9. The Balaban J connectivity index is 1.11. The SMILES string of the molecule is CC(C)(C=C(C#N)C(=O)N1CCCC(n2nc(-c3ccc(Oc4ccccc4)cc3F)c3c([As])ncnc32)C1)N1CCN(C2COC2)CC1. The molecule has 3 aliphatic rings. The van der Waals surface area contributed by atoms with Crippen LogP contribution in [0.5, 0.6) is 11.5 Å². The van der Waals surface area contributed by atoms with E-state index in [1.165, 1.54) is 12.4 Å². The quantitative estimate of drug-likeness (QED) is 0.153. The average Bonchev–Trinajstić information content (AvgIpc) is 3.48. The fourth-order valence-electron chi connectivity index (χ4n) is 6.97. The van der Waals surface area contributed by atoms with Gasteiger partial charge in [0.15, 0.2) is 0 Å². The number of piperidine rings is 1. The number of nitrogens with zero attached hydrogens (tertiary/aromatic N) is 8. The summed E-state index contributed by atoms with van der Waals surface area (Å²) in [5, 5.41) is 15.7. The van der Waals surface area contributed by atoms with Gasteiger partial charge >= 0.3 is 240 Å². The van der Waals surface area contributed by atoms with Crippen LogP contribution in [0.25, 0.3) is 22.3 Å². The van der Waals surface area contributed by atoms with Gasteiger partial charge in [0, 0.05) is 26.2 Å². The normalized spacial score (nSPS) is 19.9. The molecule has 3 saturated heterocycles. The summed E-state index contributed by atoms with van der Waals surface area (Å²) >= 11 is 2.42. The number of para-hydroxylation sites is 1. The van der Waals surface area contributed by atoms with Gasteiger partial charge in [-0.2, -0.15) is 0 Å². The van der Waals surface area contributed by atoms with Crippen LogP contribution in [0.15, 0.2) is 66.5 Å². The smallest absolute Gasteiger partial charge is 0.378 e. The van der Waals surface area contributed by atoms with Gasteiger partial charge in [-0.1, -0.05) is 0 Å². The Morgan fingerprint density at radius 3 is 2.53 bits per heavy atom. The third-order valence-corrected chi connectivity index (χ3v) is 10.5. The van der Waals surface area contributed by atoms with E-state index >= 15 is 4.39 Å². The summed E-state index contributed by atoms with van der Waals surface area (Å²) < 4.78 is 29.3. The van der Waals surface area contributed by atoms with E-state index in [4.69, 9.17) is 14.6 Å². The molecule has 252 valence electrons. The summed E-state index contributed by atoms with van der Waals surface area (Å²) in [4.78, 5) is 29.3. The molecular weight excluding hydrogens is 686 g/mol. The van der Waals surface area contributed by atoms with Crippen molar-refractivity contribution in [2.45, 2.75) is 44.3 Å². The summed E-state index contributed by atoms with van der Waals surface area (Å²) in [6, 6.07) is 16.4. The van der Waals surface area contributed by atoms with Gasteiger partial charge in [-0.15, -0.1) is 0 Å². The molecule has 1 atom stereocenters. The van der Waals surface area contributed by atoms with Gasteiger partial charge in [0.05, 0.1) is 19.3 Å². The second-order valence-electron chi connectivity index (χ2n) is 13.3. The van der Waals surface area contributed by atoms with Crippen LogP contribution in [-0.2, 0) is 9.53 Å². The van der Waals surface area contributed by atoms with Crippen molar-refractivity contribution in [1.82, 2.24) is 34.4 Å². The van der Waals surface area contributed by atoms with Gasteiger partial charge in [0.25, 0.3) is 0 Å². The van der Waals surface area contributed by atoms with Crippen molar-refractivity contribution in [2.75, 3.05) is 52.5 Å². The molecule has 2 aromatic heterocycles. The Morgan fingerprint density at radius 1 is 1.06 bits per heavy atom. The van der Waals surface area contributed by atoms with Crippen LogP contribution in [0, 0.1) is 17.1 Å². The van der Waals surface area contributed by atoms with E-state index in [-0.39, 0.29) is 17.5 Å². The zero-order chi connectivity index (χ0) is 34.1. The van der Waals surface area contributed by atoms with Gasteiger partial charge < -0.3 is 4.74 Å². The van der Waals surface area contributed by atoms with Crippen LogP contribution < -0.4 is 9.22 Å². The van der Waals surface area contributed by atoms with Crippen molar-refractivity contribution in [3.8, 4) is 28.8 Å². The number of hydrogen-bond donors (Lipinski definition) is 0. The fourth-order valence-corrected chi connectivity index (χ4v) is 7.51. The van der Waals surface area contributed by atoms with Crippen LogP contribution in [0.4, 0.5) is 4.39 Å². The molecule has 2 radical (unpaired) electrons. The molecule has 0 saturated carbocycles. The number of piperazine rings is 1. The first-order valence-electron chi connectivity index (χ1n) is 16.7. The zero-order valence-corrected chi connectivity index (χ0v) is 29.5. The summed E-state index contributed by atoms with van der Waals surface area (Å²) in [6.45, 7) is 10.2. The maximum absolute atomic E-state index is 15.7. The number of halogens is 1. The molecule has 0 spiro atoms. The Morgan fingerprint density at radius 2 is 1.84 bits per heavy atom. The molecule has 0 bridgehead atoms. The first-order chi connectivity index (χ1) is 23.7. The number of likely N-dealkylation sites (tertiary alicyclic amines) is 1. The van der Waals surface area contributed by atoms with Crippen LogP contribution in [0.3, 0.4) is 0 Å². The maximum atomic E-state index is 15.7. The summed E-state index contributed by atoms with van der Waals surface area (Å²) in [5.74, 6) is 0.209. The van der Waals surface area contributed by atoms with Gasteiger partial charge in [-0.25, -0.2) is 0 Å². The Labute approximate surface area is 293 Å². The average molecular weight is 725 g/mol. The second kappa shape index (κ2) is 14.0. The standard InChI is InChI=1S/C36H38AsFN8O3/c1-36(2,45-15-13-43(14-16-45)26-21-48-22-26)18-24(19-39)35(47)44-12-6-7-25(20-44)46-34-31(33(37)40-23-41-34)32(42-46)29-11-10-28(17-30(29)38)49-27-8-4-3-5-9-27/h3-5,8-11,17-18,23,25-26H,6-7,12-16,20-22H2,1-2H3. The van der Waals surface area contributed by atoms with E-state index in [0.29, 0.717) is 57.4 Å². The van der Waals surface area contributed by atoms with E-state index in [0.717, 1.165) is 52.2 Å². The number of aromatic nitrogens is 4. The Kier molecular flexibility index (Phi) is 9.53. The Hall–Kier alpha value is -4.14. The third-order valence-electron chi connectivity index (χ3n) is 9.79. The molecule has 13 heteroatoms. The van der Waals surface area contributed by atoms with E-state index in [2.05, 4.69) is 56.5 Å². The second-order valence-corrected chi connectivity index (χ2v) is 14.2. The molecule has 0 N–H and O–H groups in total. The van der Waals surface area contributed by atoms with Crippen LogP contribution >= 0.6 is 0 Å². The number of ether oxygens (including phenoxy) is 2. The molecule has 2 aromatic carbocycles.